The van der Waals surface area contributed by atoms with E-state index in [9.17, 15) is 9.59 Å². The number of aldehydes is 1. The minimum atomic E-state index is -0.424. The molecule has 0 radical (unpaired) electrons. The lowest BCUT2D eigenvalue weighted by Gasteiger charge is -2.33. The van der Waals surface area contributed by atoms with Crippen molar-refractivity contribution in [2.24, 2.45) is 17.8 Å². The number of hydrogen-bond donors (Lipinski definition) is 0. The highest BCUT2D eigenvalue weighted by Crippen LogP contribution is 2.46. The molecule has 0 spiro atoms. The molecule has 2 aliphatic rings. The maximum Gasteiger partial charge on any atom is 0.410 e. The summed E-state index contributed by atoms with van der Waals surface area (Å²) < 4.78 is 5.36. The fourth-order valence-corrected chi connectivity index (χ4v) is 2.77. The van der Waals surface area contributed by atoms with Gasteiger partial charge in [0.05, 0.1) is 0 Å². The first-order valence-corrected chi connectivity index (χ1v) is 6.84. The van der Waals surface area contributed by atoms with Crippen LogP contribution < -0.4 is 0 Å². The summed E-state index contributed by atoms with van der Waals surface area (Å²) in [6.07, 6.45) is 3.96. The average molecular weight is 253 g/mol. The fourth-order valence-electron chi connectivity index (χ4n) is 2.77. The first-order chi connectivity index (χ1) is 8.40. The summed E-state index contributed by atoms with van der Waals surface area (Å²) in [4.78, 5) is 24.3. The molecule has 2 atom stereocenters. The molecule has 1 amide bonds. The molecule has 1 aliphatic carbocycles. The summed E-state index contributed by atoms with van der Waals surface area (Å²) in [6.45, 7) is 7.19. The molecule has 4 nitrogen and oxygen atoms in total. The van der Waals surface area contributed by atoms with Gasteiger partial charge in [-0.2, -0.15) is 0 Å². The van der Waals surface area contributed by atoms with Crippen LogP contribution in [0.15, 0.2) is 0 Å². The zero-order chi connectivity index (χ0) is 13.3. The van der Waals surface area contributed by atoms with Crippen LogP contribution >= 0.6 is 0 Å². The van der Waals surface area contributed by atoms with Gasteiger partial charge in [-0.05, 0) is 51.9 Å². The molecule has 1 aliphatic heterocycles. The highest BCUT2D eigenvalue weighted by Gasteiger charge is 2.43. The zero-order valence-electron chi connectivity index (χ0n) is 11.5. The Morgan fingerprint density at radius 1 is 1.28 bits per heavy atom. The summed E-state index contributed by atoms with van der Waals surface area (Å²) in [6, 6.07) is 0. The highest BCUT2D eigenvalue weighted by molar-refractivity contribution is 5.68. The molecule has 1 heterocycles. The number of likely N-dealkylation sites (tertiary alicyclic amines) is 1. The van der Waals surface area contributed by atoms with Crippen molar-refractivity contribution in [3.05, 3.63) is 0 Å². The lowest BCUT2D eigenvalue weighted by molar-refractivity contribution is -0.109. The summed E-state index contributed by atoms with van der Waals surface area (Å²) in [5.74, 6) is 1.50. The van der Waals surface area contributed by atoms with E-state index in [2.05, 4.69) is 0 Å². The Morgan fingerprint density at radius 3 is 2.33 bits per heavy atom. The van der Waals surface area contributed by atoms with Crippen LogP contribution in [0, 0.1) is 17.8 Å². The van der Waals surface area contributed by atoms with E-state index in [-0.39, 0.29) is 6.09 Å². The van der Waals surface area contributed by atoms with Crippen LogP contribution in [0.1, 0.15) is 40.0 Å². The average Bonchev–Trinajstić information content (AvgIpc) is 3.06. The summed E-state index contributed by atoms with van der Waals surface area (Å²) in [7, 11) is 0. The number of hydrogen-bond acceptors (Lipinski definition) is 3. The summed E-state index contributed by atoms with van der Waals surface area (Å²) in [5.41, 5.74) is -0.424. The SMILES string of the molecule is CC(C)(C)OC(=O)N1CCC(C2CC2C=O)CC1. The predicted molar refractivity (Wildman–Crippen MR) is 68.2 cm³/mol. The normalized spacial score (nSPS) is 28.9. The van der Waals surface area contributed by atoms with Crippen LogP contribution in [0.2, 0.25) is 0 Å². The number of carbonyl (C=O) groups is 2. The van der Waals surface area contributed by atoms with Crippen molar-refractivity contribution in [3.8, 4) is 0 Å². The number of amides is 1. The summed E-state index contributed by atoms with van der Waals surface area (Å²) >= 11 is 0. The van der Waals surface area contributed by atoms with Gasteiger partial charge in [-0.25, -0.2) is 4.79 Å². The molecule has 0 bridgehead atoms. The second kappa shape index (κ2) is 4.90. The molecule has 18 heavy (non-hydrogen) atoms. The van der Waals surface area contributed by atoms with Gasteiger partial charge in [0.2, 0.25) is 0 Å². The summed E-state index contributed by atoms with van der Waals surface area (Å²) in [5, 5.41) is 0. The smallest absolute Gasteiger partial charge is 0.410 e. The van der Waals surface area contributed by atoms with Crippen molar-refractivity contribution in [1.82, 2.24) is 4.90 Å². The van der Waals surface area contributed by atoms with Gasteiger partial charge in [-0.15, -0.1) is 0 Å². The molecule has 0 N–H and O–H groups in total. The number of rotatable bonds is 2. The van der Waals surface area contributed by atoms with Gasteiger partial charge in [0, 0.05) is 19.0 Å². The molecule has 4 heteroatoms. The van der Waals surface area contributed by atoms with Crippen molar-refractivity contribution in [2.45, 2.75) is 45.6 Å². The van der Waals surface area contributed by atoms with Gasteiger partial charge in [-0.3, -0.25) is 0 Å². The molecule has 0 aromatic rings. The van der Waals surface area contributed by atoms with Crippen LogP contribution in [-0.4, -0.2) is 36.0 Å². The molecular formula is C14H23NO3. The first kappa shape index (κ1) is 13.4. The molecule has 1 saturated carbocycles. The van der Waals surface area contributed by atoms with Gasteiger partial charge >= 0.3 is 6.09 Å². The van der Waals surface area contributed by atoms with E-state index in [1.807, 2.05) is 20.8 Å². The maximum atomic E-state index is 11.9. The van der Waals surface area contributed by atoms with Crippen molar-refractivity contribution in [3.63, 3.8) is 0 Å². The lowest BCUT2D eigenvalue weighted by Crippen LogP contribution is -2.42. The minimum absolute atomic E-state index is 0.205. The third kappa shape index (κ3) is 3.24. The molecule has 2 unspecified atom stereocenters. The second-order valence-electron chi connectivity index (χ2n) is 6.50. The van der Waals surface area contributed by atoms with Crippen LogP contribution in [0.5, 0.6) is 0 Å². The van der Waals surface area contributed by atoms with Crippen molar-refractivity contribution in [2.75, 3.05) is 13.1 Å². The topological polar surface area (TPSA) is 46.6 Å². The predicted octanol–water partition coefficient (Wildman–Crippen LogP) is 2.47. The van der Waals surface area contributed by atoms with E-state index in [1.54, 1.807) is 4.90 Å². The van der Waals surface area contributed by atoms with Gasteiger partial charge in [0.1, 0.15) is 11.9 Å². The first-order valence-electron chi connectivity index (χ1n) is 6.84. The molecule has 0 aromatic carbocycles. The van der Waals surface area contributed by atoms with Crippen molar-refractivity contribution in [1.29, 1.82) is 0 Å². The second-order valence-corrected chi connectivity index (χ2v) is 6.50. The van der Waals surface area contributed by atoms with E-state index in [0.717, 1.165) is 38.6 Å². The molecule has 1 saturated heterocycles. The van der Waals surface area contributed by atoms with Crippen LogP contribution in [0.25, 0.3) is 0 Å². The molecule has 102 valence electrons. The van der Waals surface area contributed by atoms with E-state index in [0.29, 0.717) is 17.8 Å². The minimum Gasteiger partial charge on any atom is -0.444 e. The Hall–Kier alpha value is -1.06. The number of carbonyl (C=O) groups excluding carboxylic acids is 2. The van der Waals surface area contributed by atoms with Gasteiger partial charge < -0.3 is 14.4 Å². The standard InChI is InChI=1S/C14H23NO3/c1-14(2,3)18-13(17)15-6-4-10(5-7-15)12-8-11(12)9-16/h9-12H,4-8H2,1-3H3. The third-order valence-electron chi connectivity index (χ3n) is 3.86. The molecule has 2 rings (SSSR count). The molecular weight excluding hydrogens is 230 g/mol. The number of nitrogens with zero attached hydrogens (tertiary/aromatic N) is 1. The van der Waals surface area contributed by atoms with E-state index in [4.69, 9.17) is 4.74 Å². The van der Waals surface area contributed by atoms with Crippen molar-refractivity contribution >= 4 is 12.4 Å². The highest BCUT2D eigenvalue weighted by atomic mass is 16.6. The molecule has 2 fully saturated rings. The van der Waals surface area contributed by atoms with Crippen molar-refractivity contribution < 1.29 is 14.3 Å². The Labute approximate surface area is 109 Å². The van der Waals surface area contributed by atoms with Gasteiger partial charge in [0.25, 0.3) is 0 Å². The quantitative estimate of drug-likeness (QED) is 0.710. The Morgan fingerprint density at radius 2 is 1.89 bits per heavy atom. The number of piperidine rings is 1. The Bertz CT molecular complexity index is 326. The van der Waals surface area contributed by atoms with E-state index in [1.165, 1.54) is 0 Å². The van der Waals surface area contributed by atoms with Gasteiger partial charge in [0.15, 0.2) is 0 Å². The Kier molecular flexibility index (Phi) is 3.64. The molecule has 0 aromatic heterocycles. The van der Waals surface area contributed by atoms with E-state index < -0.39 is 5.60 Å². The number of ether oxygens (including phenoxy) is 1. The van der Waals surface area contributed by atoms with E-state index >= 15 is 0 Å². The largest absolute Gasteiger partial charge is 0.444 e. The Balaban J connectivity index is 1.76. The van der Waals surface area contributed by atoms with Crippen LogP contribution in [0.3, 0.4) is 0 Å². The third-order valence-corrected chi connectivity index (χ3v) is 3.86. The maximum absolute atomic E-state index is 11.9. The van der Waals surface area contributed by atoms with Gasteiger partial charge in [-0.1, -0.05) is 0 Å². The van der Waals surface area contributed by atoms with Crippen LogP contribution in [0.4, 0.5) is 4.79 Å². The fraction of sp³-hybridized carbons (Fsp3) is 0.857. The zero-order valence-corrected chi connectivity index (χ0v) is 11.5. The lowest BCUT2D eigenvalue weighted by atomic mass is 9.91. The monoisotopic (exact) mass is 253 g/mol. The van der Waals surface area contributed by atoms with Crippen LogP contribution in [-0.2, 0) is 9.53 Å².